The van der Waals surface area contributed by atoms with E-state index in [0.29, 0.717) is 50.6 Å². The van der Waals surface area contributed by atoms with Gasteiger partial charge >= 0.3 is 0 Å². The van der Waals surface area contributed by atoms with Crippen LogP contribution in [0.25, 0.3) is 22.3 Å². The van der Waals surface area contributed by atoms with Crippen LogP contribution in [0.5, 0.6) is 11.5 Å². The molecule has 4 aromatic rings. The number of rotatable bonds is 5. The summed E-state index contributed by atoms with van der Waals surface area (Å²) >= 11 is 1.40. The van der Waals surface area contributed by atoms with Crippen LogP contribution >= 0.6 is 11.8 Å². The van der Waals surface area contributed by atoms with E-state index in [4.69, 9.17) is 19.0 Å². The summed E-state index contributed by atoms with van der Waals surface area (Å²) in [5.41, 5.74) is 1.17. The van der Waals surface area contributed by atoms with E-state index in [0.717, 1.165) is 25.7 Å². The van der Waals surface area contributed by atoms with E-state index >= 15 is 0 Å². The minimum atomic E-state index is -0.325. The fourth-order valence-electron chi connectivity index (χ4n) is 4.66. The number of halogens is 1. The van der Waals surface area contributed by atoms with Gasteiger partial charge in [-0.25, -0.2) is 9.37 Å². The minimum Gasteiger partial charge on any atom is -0.454 e. The SMILES string of the molecule is O=c1c2cc3c(cc2nc(SCc2nc(-c4ccc(F)cc4)no2)n1C1CCCCCC1)OCO3. The highest BCUT2D eigenvalue weighted by molar-refractivity contribution is 7.98. The van der Waals surface area contributed by atoms with E-state index in [2.05, 4.69) is 10.1 Å². The predicted octanol–water partition coefficient (Wildman–Crippen LogP) is 5.50. The molecule has 0 unspecified atom stereocenters. The van der Waals surface area contributed by atoms with Gasteiger partial charge in [-0.3, -0.25) is 9.36 Å². The summed E-state index contributed by atoms with van der Waals surface area (Å²) in [4.78, 5) is 23.0. The summed E-state index contributed by atoms with van der Waals surface area (Å²) in [5, 5.41) is 5.17. The van der Waals surface area contributed by atoms with Crippen molar-refractivity contribution >= 4 is 22.7 Å². The molecule has 1 aliphatic heterocycles. The van der Waals surface area contributed by atoms with Gasteiger partial charge in [0, 0.05) is 17.7 Å². The van der Waals surface area contributed by atoms with Crippen LogP contribution in [-0.2, 0) is 5.75 Å². The zero-order chi connectivity index (χ0) is 23.8. The van der Waals surface area contributed by atoms with Crippen molar-refractivity contribution in [2.45, 2.75) is 55.5 Å². The van der Waals surface area contributed by atoms with Crippen molar-refractivity contribution in [3.8, 4) is 22.9 Å². The topological polar surface area (TPSA) is 92.3 Å². The number of hydrogen-bond donors (Lipinski definition) is 0. The maximum atomic E-state index is 13.7. The van der Waals surface area contributed by atoms with Gasteiger partial charge in [0.2, 0.25) is 18.5 Å². The number of fused-ring (bicyclic) bond motifs is 2. The van der Waals surface area contributed by atoms with Crippen LogP contribution in [0.3, 0.4) is 0 Å². The molecule has 2 aromatic heterocycles. The fraction of sp³-hybridized carbons (Fsp3) is 0.360. The quantitative estimate of drug-likeness (QED) is 0.204. The molecule has 3 heterocycles. The normalized spacial score (nSPS) is 16.0. The van der Waals surface area contributed by atoms with E-state index in [9.17, 15) is 9.18 Å². The molecule has 0 bridgehead atoms. The van der Waals surface area contributed by atoms with Crippen molar-refractivity contribution < 1.29 is 18.4 Å². The van der Waals surface area contributed by atoms with Gasteiger partial charge in [-0.1, -0.05) is 42.6 Å². The fourth-order valence-corrected chi connectivity index (χ4v) is 5.57. The molecule has 0 saturated heterocycles. The highest BCUT2D eigenvalue weighted by Gasteiger charge is 2.24. The molecule has 8 nitrogen and oxygen atoms in total. The lowest BCUT2D eigenvalue weighted by molar-refractivity contribution is 0.174. The molecule has 0 spiro atoms. The summed E-state index contributed by atoms with van der Waals surface area (Å²) in [6.07, 6.45) is 6.43. The second-order valence-electron chi connectivity index (χ2n) is 8.74. The smallest absolute Gasteiger partial charge is 0.262 e. The molecule has 180 valence electrons. The Labute approximate surface area is 204 Å². The van der Waals surface area contributed by atoms with Crippen molar-refractivity contribution in [2.75, 3.05) is 6.79 Å². The maximum Gasteiger partial charge on any atom is 0.262 e. The van der Waals surface area contributed by atoms with E-state index in [1.54, 1.807) is 24.3 Å². The Hall–Kier alpha value is -3.40. The Morgan fingerprint density at radius 3 is 2.51 bits per heavy atom. The Morgan fingerprint density at radius 1 is 1.00 bits per heavy atom. The molecular formula is C25H23FN4O4S. The van der Waals surface area contributed by atoms with Gasteiger partial charge in [-0.2, -0.15) is 4.98 Å². The minimum absolute atomic E-state index is 0.0692. The highest BCUT2D eigenvalue weighted by atomic mass is 32.2. The van der Waals surface area contributed by atoms with Gasteiger partial charge < -0.3 is 14.0 Å². The first-order valence-corrected chi connectivity index (χ1v) is 12.7. The van der Waals surface area contributed by atoms with Crippen LogP contribution in [-0.4, -0.2) is 26.5 Å². The molecule has 0 atom stereocenters. The molecule has 0 amide bonds. The van der Waals surface area contributed by atoms with E-state index in [-0.39, 0.29) is 24.2 Å². The zero-order valence-corrected chi connectivity index (χ0v) is 19.7. The molecule has 0 N–H and O–H groups in total. The van der Waals surface area contributed by atoms with Gasteiger partial charge in [0.15, 0.2) is 16.7 Å². The maximum absolute atomic E-state index is 13.7. The molecule has 10 heteroatoms. The Kier molecular flexibility index (Phi) is 5.89. The largest absolute Gasteiger partial charge is 0.454 e. The zero-order valence-electron chi connectivity index (χ0n) is 18.9. The van der Waals surface area contributed by atoms with E-state index in [1.807, 2.05) is 4.57 Å². The third kappa shape index (κ3) is 4.38. The summed E-state index contributed by atoms with van der Waals surface area (Å²) < 4.78 is 31.5. The van der Waals surface area contributed by atoms with Gasteiger partial charge in [-0.05, 0) is 43.2 Å². The van der Waals surface area contributed by atoms with Crippen LogP contribution in [0.4, 0.5) is 4.39 Å². The monoisotopic (exact) mass is 494 g/mol. The Bertz CT molecular complexity index is 1430. The van der Waals surface area contributed by atoms with Gasteiger partial charge in [0.25, 0.3) is 5.56 Å². The number of nitrogens with zero attached hydrogens (tertiary/aromatic N) is 4. The third-order valence-corrected chi connectivity index (χ3v) is 7.38. The molecule has 1 saturated carbocycles. The number of benzene rings is 2. The summed E-state index contributed by atoms with van der Waals surface area (Å²) in [5.74, 6) is 1.98. The summed E-state index contributed by atoms with van der Waals surface area (Å²) in [6, 6.07) is 9.52. The number of aromatic nitrogens is 4. The van der Waals surface area contributed by atoms with Crippen molar-refractivity contribution in [1.82, 2.24) is 19.7 Å². The van der Waals surface area contributed by atoms with Gasteiger partial charge in [-0.15, -0.1) is 0 Å². The van der Waals surface area contributed by atoms with Crippen LogP contribution in [0, 0.1) is 5.82 Å². The number of thioether (sulfide) groups is 1. The van der Waals surface area contributed by atoms with Gasteiger partial charge in [0.05, 0.1) is 16.7 Å². The highest BCUT2D eigenvalue weighted by Crippen LogP contribution is 2.37. The summed E-state index contributed by atoms with van der Waals surface area (Å²) in [6.45, 7) is 0.137. The average Bonchev–Trinajstić information content (AvgIpc) is 3.45. The van der Waals surface area contributed by atoms with Crippen molar-refractivity contribution in [3.05, 3.63) is 58.5 Å². The van der Waals surface area contributed by atoms with Gasteiger partial charge in [0.1, 0.15) is 5.82 Å². The second kappa shape index (κ2) is 9.33. The van der Waals surface area contributed by atoms with Crippen LogP contribution in [0.2, 0.25) is 0 Å². The first kappa shape index (κ1) is 22.1. The molecule has 1 aliphatic carbocycles. The molecule has 0 radical (unpaired) electrons. The standard InChI is InChI=1S/C25H23FN4O4S/c26-16-9-7-15(8-10-16)23-28-22(34-29-23)13-35-25-27-19-12-21-20(32-14-33-21)11-18(19)24(31)30(25)17-5-3-1-2-4-6-17/h7-12,17H,1-6,13-14H2. The van der Waals surface area contributed by atoms with Crippen molar-refractivity contribution in [3.63, 3.8) is 0 Å². The first-order chi connectivity index (χ1) is 17.2. The lowest BCUT2D eigenvalue weighted by atomic mass is 10.1. The molecule has 1 fully saturated rings. The van der Waals surface area contributed by atoms with Crippen LogP contribution in [0.15, 0.2) is 50.9 Å². The van der Waals surface area contributed by atoms with Crippen molar-refractivity contribution in [1.29, 1.82) is 0 Å². The Morgan fingerprint density at radius 2 is 1.74 bits per heavy atom. The average molecular weight is 495 g/mol. The number of hydrogen-bond acceptors (Lipinski definition) is 8. The second-order valence-corrected chi connectivity index (χ2v) is 9.69. The Balaban J connectivity index is 1.35. The molecule has 6 rings (SSSR count). The molecule has 2 aromatic carbocycles. The lowest BCUT2D eigenvalue weighted by Crippen LogP contribution is -2.27. The first-order valence-electron chi connectivity index (χ1n) is 11.7. The predicted molar refractivity (Wildman–Crippen MR) is 128 cm³/mol. The summed E-state index contributed by atoms with van der Waals surface area (Å²) in [7, 11) is 0. The number of ether oxygens (including phenoxy) is 2. The van der Waals surface area contributed by atoms with E-state index < -0.39 is 0 Å². The van der Waals surface area contributed by atoms with E-state index in [1.165, 1.54) is 36.7 Å². The lowest BCUT2D eigenvalue weighted by Gasteiger charge is -2.21. The van der Waals surface area contributed by atoms with Crippen LogP contribution in [0.1, 0.15) is 50.5 Å². The van der Waals surface area contributed by atoms with Crippen LogP contribution < -0.4 is 15.0 Å². The molecule has 35 heavy (non-hydrogen) atoms. The molecular weight excluding hydrogens is 471 g/mol. The third-order valence-electron chi connectivity index (χ3n) is 6.45. The molecule has 2 aliphatic rings. The van der Waals surface area contributed by atoms with Crippen molar-refractivity contribution in [2.24, 2.45) is 0 Å².